The Morgan fingerprint density at radius 3 is 2.15 bits per heavy atom. The van der Waals surface area contributed by atoms with E-state index in [1.807, 2.05) is 6.92 Å². The van der Waals surface area contributed by atoms with E-state index in [0.717, 1.165) is 31.4 Å². The van der Waals surface area contributed by atoms with Crippen LogP contribution in [0.2, 0.25) is 0 Å². The highest BCUT2D eigenvalue weighted by Gasteiger charge is 2.22. The van der Waals surface area contributed by atoms with Crippen molar-refractivity contribution in [2.45, 2.75) is 52.5 Å². The van der Waals surface area contributed by atoms with Crippen LogP contribution in [-0.4, -0.2) is 6.54 Å². The van der Waals surface area contributed by atoms with Crippen LogP contribution >= 0.6 is 0 Å². The summed E-state index contributed by atoms with van der Waals surface area (Å²) in [6, 6.07) is 1.10. The van der Waals surface area contributed by atoms with E-state index in [9.17, 15) is 13.2 Å². The number of benzene rings is 1. The molecule has 0 spiro atoms. The molecule has 20 heavy (non-hydrogen) atoms. The van der Waals surface area contributed by atoms with E-state index in [4.69, 9.17) is 0 Å². The van der Waals surface area contributed by atoms with Crippen molar-refractivity contribution in [2.24, 2.45) is 5.92 Å². The lowest BCUT2D eigenvalue weighted by molar-refractivity contribution is 0.368. The van der Waals surface area contributed by atoms with Gasteiger partial charge in [-0.15, -0.1) is 0 Å². The van der Waals surface area contributed by atoms with Gasteiger partial charge in [0.15, 0.2) is 0 Å². The van der Waals surface area contributed by atoms with E-state index in [0.29, 0.717) is 18.9 Å². The Hall–Kier alpha value is -1.03. The lowest BCUT2D eigenvalue weighted by Gasteiger charge is -2.23. The Labute approximate surface area is 119 Å². The van der Waals surface area contributed by atoms with E-state index in [-0.39, 0.29) is 5.56 Å². The topological polar surface area (TPSA) is 12.0 Å². The zero-order valence-corrected chi connectivity index (χ0v) is 12.5. The van der Waals surface area contributed by atoms with Crippen LogP contribution in [0.15, 0.2) is 12.1 Å². The monoisotopic (exact) mass is 287 g/mol. The van der Waals surface area contributed by atoms with Crippen molar-refractivity contribution in [1.82, 2.24) is 5.32 Å². The summed E-state index contributed by atoms with van der Waals surface area (Å²) in [6.07, 6.45) is 3.57. The highest BCUT2D eigenvalue weighted by molar-refractivity contribution is 5.24. The molecule has 1 N–H and O–H groups in total. The highest BCUT2D eigenvalue weighted by atomic mass is 19.1. The molecule has 0 aliphatic rings. The minimum Gasteiger partial charge on any atom is -0.310 e. The molecule has 1 aromatic carbocycles. The second-order valence-corrected chi connectivity index (χ2v) is 5.42. The number of hydrogen-bond donors (Lipinski definition) is 1. The van der Waals surface area contributed by atoms with Gasteiger partial charge in [-0.1, -0.05) is 33.6 Å². The molecule has 2 atom stereocenters. The van der Waals surface area contributed by atoms with Crippen LogP contribution in [0.1, 0.15) is 58.1 Å². The van der Waals surface area contributed by atoms with Gasteiger partial charge in [-0.05, 0) is 25.3 Å². The van der Waals surface area contributed by atoms with E-state index < -0.39 is 23.5 Å². The molecule has 0 aromatic heterocycles. The second-order valence-electron chi connectivity index (χ2n) is 5.42. The van der Waals surface area contributed by atoms with Crippen LogP contribution in [0.5, 0.6) is 0 Å². The van der Waals surface area contributed by atoms with Gasteiger partial charge in [0.25, 0.3) is 0 Å². The van der Waals surface area contributed by atoms with Gasteiger partial charge in [0.2, 0.25) is 0 Å². The first kappa shape index (κ1) is 17.0. The molecule has 0 fully saturated rings. The predicted molar refractivity (Wildman–Crippen MR) is 76.0 cm³/mol. The normalized spacial score (nSPS) is 14.3. The van der Waals surface area contributed by atoms with E-state index in [1.165, 1.54) is 0 Å². The summed E-state index contributed by atoms with van der Waals surface area (Å²) in [6.45, 7) is 6.84. The molecule has 0 aliphatic heterocycles. The van der Waals surface area contributed by atoms with Crippen LogP contribution < -0.4 is 5.32 Å². The Morgan fingerprint density at radius 2 is 1.65 bits per heavy atom. The van der Waals surface area contributed by atoms with Crippen LogP contribution in [0.4, 0.5) is 13.2 Å². The molecule has 0 amide bonds. The Balaban J connectivity index is 2.97. The summed E-state index contributed by atoms with van der Waals surface area (Å²) < 4.78 is 40.8. The van der Waals surface area contributed by atoms with Crippen molar-refractivity contribution in [1.29, 1.82) is 0 Å². The quantitative estimate of drug-likeness (QED) is 0.711. The van der Waals surface area contributed by atoms with E-state index >= 15 is 0 Å². The van der Waals surface area contributed by atoms with Gasteiger partial charge >= 0.3 is 0 Å². The van der Waals surface area contributed by atoms with Gasteiger partial charge in [0.1, 0.15) is 17.5 Å². The smallest absolute Gasteiger partial charge is 0.133 e. The van der Waals surface area contributed by atoms with E-state index in [1.54, 1.807) is 0 Å². The molecule has 0 aliphatic carbocycles. The van der Waals surface area contributed by atoms with Crippen molar-refractivity contribution >= 4 is 0 Å². The van der Waals surface area contributed by atoms with Gasteiger partial charge < -0.3 is 5.32 Å². The number of rotatable bonds is 8. The lowest BCUT2D eigenvalue weighted by atomic mass is 9.92. The van der Waals surface area contributed by atoms with Crippen molar-refractivity contribution in [3.8, 4) is 0 Å². The molecule has 1 nitrogen and oxygen atoms in total. The third-order valence-electron chi connectivity index (χ3n) is 3.45. The van der Waals surface area contributed by atoms with Crippen LogP contribution in [0.3, 0.4) is 0 Å². The molecule has 2 unspecified atom stereocenters. The number of halogens is 3. The summed E-state index contributed by atoms with van der Waals surface area (Å²) in [5, 5.41) is 3.17. The molecule has 0 heterocycles. The van der Waals surface area contributed by atoms with Gasteiger partial charge in [-0.2, -0.15) is 0 Å². The zero-order chi connectivity index (χ0) is 15.1. The third kappa shape index (κ3) is 4.82. The molecule has 0 saturated carbocycles. The largest absolute Gasteiger partial charge is 0.310 e. The van der Waals surface area contributed by atoms with Crippen LogP contribution in [0.25, 0.3) is 0 Å². The Kier molecular flexibility index (Phi) is 7.06. The van der Waals surface area contributed by atoms with Crippen molar-refractivity contribution < 1.29 is 13.2 Å². The molecule has 1 aromatic rings. The van der Waals surface area contributed by atoms with Crippen molar-refractivity contribution in [2.75, 3.05) is 6.54 Å². The summed E-state index contributed by atoms with van der Waals surface area (Å²) in [7, 11) is 0. The maximum absolute atomic E-state index is 13.9. The standard InChI is InChI=1S/C16H24F3N/c1-4-6-11(3)8-15(20-7-5-2)16-13(18)9-12(17)10-14(16)19/h9-11,15,20H,4-8H2,1-3H3. The van der Waals surface area contributed by atoms with Crippen molar-refractivity contribution in [3.05, 3.63) is 35.1 Å². The summed E-state index contributed by atoms with van der Waals surface area (Å²) >= 11 is 0. The van der Waals surface area contributed by atoms with Crippen molar-refractivity contribution in [3.63, 3.8) is 0 Å². The van der Waals surface area contributed by atoms with Gasteiger partial charge in [0, 0.05) is 23.7 Å². The first-order valence-electron chi connectivity index (χ1n) is 7.37. The fraction of sp³-hybridized carbons (Fsp3) is 0.625. The lowest BCUT2D eigenvalue weighted by Crippen LogP contribution is -2.26. The molecule has 0 bridgehead atoms. The Bertz CT molecular complexity index is 397. The summed E-state index contributed by atoms with van der Waals surface area (Å²) in [5.74, 6) is -2.13. The Morgan fingerprint density at radius 1 is 1.05 bits per heavy atom. The summed E-state index contributed by atoms with van der Waals surface area (Å²) in [5.41, 5.74) is -0.0391. The van der Waals surface area contributed by atoms with Gasteiger partial charge in [0.05, 0.1) is 0 Å². The molecular formula is C16H24F3N. The van der Waals surface area contributed by atoms with Crippen LogP contribution in [-0.2, 0) is 0 Å². The average Bonchev–Trinajstić information content (AvgIpc) is 2.34. The molecule has 4 heteroatoms. The third-order valence-corrected chi connectivity index (χ3v) is 3.45. The highest BCUT2D eigenvalue weighted by Crippen LogP contribution is 2.28. The molecule has 0 saturated heterocycles. The average molecular weight is 287 g/mol. The molecule has 0 radical (unpaired) electrons. The minimum atomic E-state index is -0.875. The van der Waals surface area contributed by atoms with Gasteiger partial charge in [-0.3, -0.25) is 0 Å². The predicted octanol–water partition coefficient (Wildman–Crippen LogP) is 4.97. The zero-order valence-electron chi connectivity index (χ0n) is 12.5. The van der Waals surface area contributed by atoms with Gasteiger partial charge in [-0.25, -0.2) is 13.2 Å². The second kappa shape index (κ2) is 8.30. The first-order valence-corrected chi connectivity index (χ1v) is 7.37. The minimum absolute atomic E-state index is 0.0391. The fourth-order valence-corrected chi connectivity index (χ4v) is 2.52. The maximum Gasteiger partial charge on any atom is 0.133 e. The fourth-order valence-electron chi connectivity index (χ4n) is 2.52. The van der Waals surface area contributed by atoms with Crippen LogP contribution in [0, 0.1) is 23.4 Å². The van der Waals surface area contributed by atoms with E-state index in [2.05, 4.69) is 19.2 Å². The molecule has 114 valence electrons. The summed E-state index contributed by atoms with van der Waals surface area (Å²) in [4.78, 5) is 0. The number of hydrogen-bond acceptors (Lipinski definition) is 1. The maximum atomic E-state index is 13.9. The number of nitrogens with one attached hydrogen (secondary N) is 1. The molecular weight excluding hydrogens is 263 g/mol. The first-order chi connectivity index (χ1) is 9.49. The SMILES string of the molecule is CCCNC(CC(C)CCC)c1c(F)cc(F)cc1F. The molecule has 1 rings (SSSR count).